The molecule has 1 aliphatic heterocycles. The largest absolute Gasteiger partial charge is 0.467 e. The van der Waals surface area contributed by atoms with E-state index >= 15 is 0 Å². The van der Waals surface area contributed by atoms with Crippen LogP contribution < -0.4 is 0 Å². The predicted molar refractivity (Wildman–Crippen MR) is 69.2 cm³/mol. The van der Waals surface area contributed by atoms with E-state index in [0.717, 1.165) is 0 Å². The van der Waals surface area contributed by atoms with Crippen LogP contribution in [0.15, 0.2) is 0 Å². The summed E-state index contributed by atoms with van der Waals surface area (Å²) in [5.74, 6) is -0.723. The van der Waals surface area contributed by atoms with Crippen LogP contribution >= 0.6 is 0 Å². The molecule has 2 N–H and O–H groups in total. The van der Waals surface area contributed by atoms with E-state index in [1.54, 1.807) is 0 Å². The first-order valence-corrected chi connectivity index (χ1v) is 6.70. The van der Waals surface area contributed by atoms with E-state index in [2.05, 4.69) is 4.74 Å². The van der Waals surface area contributed by atoms with Crippen LogP contribution in [0.1, 0.15) is 13.3 Å². The number of carbonyl (C=O) groups is 1. The molecule has 118 valence electrons. The molecule has 1 saturated heterocycles. The van der Waals surface area contributed by atoms with Gasteiger partial charge in [-0.2, -0.15) is 0 Å². The highest BCUT2D eigenvalue weighted by molar-refractivity contribution is 5.70. The van der Waals surface area contributed by atoms with E-state index in [9.17, 15) is 15.0 Å². The zero-order valence-electron chi connectivity index (χ0n) is 12.2. The van der Waals surface area contributed by atoms with Crippen molar-refractivity contribution in [1.82, 2.24) is 0 Å². The van der Waals surface area contributed by atoms with Crippen molar-refractivity contribution in [2.45, 2.75) is 37.8 Å². The molecule has 0 radical (unpaired) electrons. The Balaban J connectivity index is 2.58. The van der Waals surface area contributed by atoms with Crippen molar-refractivity contribution < 1.29 is 34.0 Å². The van der Waals surface area contributed by atoms with E-state index in [1.807, 2.05) is 6.92 Å². The number of methoxy groups -OCH3 is 2. The summed E-state index contributed by atoms with van der Waals surface area (Å²) in [6.45, 7) is 2.06. The molecule has 5 unspecified atom stereocenters. The monoisotopic (exact) mass is 292 g/mol. The number of esters is 1. The first kappa shape index (κ1) is 17.3. The van der Waals surface area contributed by atoms with E-state index in [4.69, 9.17) is 14.2 Å². The Bertz CT molecular complexity index is 294. The minimum atomic E-state index is -0.989. The summed E-state index contributed by atoms with van der Waals surface area (Å²) in [5, 5.41) is 20.1. The lowest BCUT2D eigenvalue weighted by molar-refractivity contribution is -0.222. The quantitative estimate of drug-likeness (QED) is 0.601. The average molecular weight is 292 g/mol. The molecule has 0 amide bonds. The van der Waals surface area contributed by atoms with Gasteiger partial charge in [-0.3, -0.25) is 0 Å². The maximum Gasteiger partial charge on any atom is 0.331 e. The molecule has 7 nitrogen and oxygen atoms in total. The minimum absolute atomic E-state index is 0.150. The highest BCUT2D eigenvalue weighted by Gasteiger charge is 2.43. The number of rotatable bonds is 7. The Labute approximate surface area is 118 Å². The molecular weight excluding hydrogens is 268 g/mol. The molecule has 0 saturated carbocycles. The predicted octanol–water partition coefficient (Wildman–Crippen LogP) is -0.662. The highest BCUT2D eigenvalue weighted by Crippen LogP contribution is 2.29. The third-order valence-corrected chi connectivity index (χ3v) is 3.53. The number of hydrogen-bond acceptors (Lipinski definition) is 7. The fraction of sp³-hybridized carbons (Fsp3) is 0.923. The normalized spacial score (nSPS) is 34.0. The number of ether oxygens (including phenoxy) is 4. The van der Waals surface area contributed by atoms with Gasteiger partial charge in [0.05, 0.1) is 32.5 Å². The lowest BCUT2D eigenvalue weighted by Gasteiger charge is -2.42. The first-order chi connectivity index (χ1) is 9.54. The lowest BCUT2D eigenvalue weighted by atomic mass is 9.85. The SMILES string of the molecule is CCC1C(COCC(=O)OC)OC(COC)C(O)C1O. The van der Waals surface area contributed by atoms with Gasteiger partial charge >= 0.3 is 5.97 Å². The van der Waals surface area contributed by atoms with Crippen LogP contribution in [0.3, 0.4) is 0 Å². The van der Waals surface area contributed by atoms with Crippen LogP contribution in [0.25, 0.3) is 0 Å². The Morgan fingerprint density at radius 2 is 1.85 bits per heavy atom. The maximum atomic E-state index is 11.0. The molecule has 20 heavy (non-hydrogen) atoms. The van der Waals surface area contributed by atoms with Crippen molar-refractivity contribution in [1.29, 1.82) is 0 Å². The summed E-state index contributed by atoms with van der Waals surface area (Å²) in [6, 6.07) is 0. The minimum Gasteiger partial charge on any atom is -0.467 e. The Hall–Kier alpha value is -0.730. The van der Waals surface area contributed by atoms with Crippen molar-refractivity contribution in [3.8, 4) is 0 Å². The third kappa shape index (κ3) is 4.39. The van der Waals surface area contributed by atoms with Gasteiger partial charge in [-0.05, 0) is 6.42 Å². The summed E-state index contributed by atoms with van der Waals surface area (Å²) >= 11 is 0. The van der Waals surface area contributed by atoms with Crippen molar-refractivity contribution in [2.24, 2.45) is 5.92 Å². The summed E-state index contributed by atoms with van der Waals surface area (Å²) in [5.41, 5.74) is 0. The molecule has 7 heteroatoms. The number of hydrogen-bond donors (Lipinski definition) is 2. The van der Waals surface area contributed by atoms with Crippen LogP contribution in [0.4, 0.5) is 0 Å². The molecule has 1 fully saturated rings. The van der Waals surface area contributed by atoms with Crippen molar-refractivity contribution in [3.63, 3.8) is 0 Å². The van der Waals surface area contributed by atoms with Gasteiger partial charge in [0.15, 0.2) is 0 Å². The summed E-state index contributed by atoms with van der Waals surface area (Å²) in [4.78, 5) is 11.0. The number of carbonyl (C=O) groups excluding carboxylic acids is 1. The summed E-state index contributed by atoms with van der Waals surface area (Å²) < 4.78 is 20.4. The highest BCUT2D eigenvalue weighted by atomic mass is 16.6. The van der Waals surface area contributed by atoms with E-state index in [1.165, 1.54) is 14.2 Å². The molecule has 1 rings (SSSR count). The van der Waals surface area contributed by atoms with Gasteiger partial charge in [0.25, 0.3) is 0 Å². The smallest absolute Gasteiger partial charge is 0.331 e. The van der Waals surface area contributed by atoms with Crippen LogP contribution in [0.5, 0.6) is 0 Å². The average Bonchev–Trinajstić information content (AvgIpc) is 2.44. The number of aliphatic hydroxyl groups is 2. The second-order valence-corrected chi connectivity index (χ2v) is 4.81. The molecule has 0 aromatic rings. The van der Waals surface area contributed by atoms with Gasteiger partial charge < -0.3 is 29.2 Å². The van der Waals surface area contributed by atoms with Crippen LogP contribution in [-0.4, -0.2) is 74.6 Å². The molecule has 0 spiro atoms. The molecule has 0 aliphatic carbocycles. The van der Waals surface area contributed by atoms with E-state index in [0.29, 0.717) is 6.42 Å². The second kappa shape index (κ2) is 8.53. The van der Waals surface area contributed by atoms with Gasteiger partial charge in [-0.1, -0.05) is 6.92 Å². The molecule has 0 aromatic heterocycles. The number of aliphatic hydroxyl groups excluding tert-OH is 2. The fourth-order valence-corrected chi connectivity index (χ4v) is 2.39. The third-order valence-electron chi connectivity index (χ3n) is 3.53. The molecule has 1 heterocycles. The summed E-state index contributed by atoms with van der Waals surface area (Å²) in [6.07, 6.45) is -2.27. The zero-order valence-corrected chi connectivity index (χ0v) is 12.2. The first-order valence-electron chi connectivity index (χ1n) is 6.70. The van der Waals surface area contributed by atoms with Crippen molar-refractivity contribution in [3.05, 3.63) is 0 Å². The standard InChI is InChI=1S/C13H24O7/c1-4-8-9(6-19-7-11(14)18-3)20-10(5-17-2)13(16)12(8)15/h8-10,12-13,15-16H,4-7H2,1-3H3. The topological polar surface area (TPSA) is 94.5 Å². The second-order valence-electron chi connectivity index (χ2n) is 4.81. The van der Waals surface area contributed by atoms with E-state index < -0.39 is 30.4 Å². The van der Waals surface area contributed by atoms with Crippen LogP contribution in [0, 0.1) is 5.92 Å². The molecule has 5 atom stereocenters. The van der Waals surface area contributed by atoms with Crippen molar-refractivity contribution >= 4 is 5.97 Å². The Morgan fingerprint density at radius 1 is 1.15 bits per heavy atom. The summed E-state index contributed by atoms with van der Waals surface area (Å²) in [7, 11) is 2.78. The molecule has 1 aliphatic rings. The molecular formula is C13H24O7. The van der Waals surface area contributed by atoms with Gasteiger partial charge in [0, 0.05) is 13.0 Å². The maximum absolute atomic E-state index is 11.0. The lowest BCUT2D eigenvalue weighted by Crippen LogP contribution is -2.56. The van der Waals surface area contributed by atoms with Crippen molar-refractivity contribution in [2.75, 3.05) is 34.0 Å². The zero-order chi connectivity index (χ0) is 15.1. The van der Waals surface area contributed by atoms with Gasteiger partial charge in [-0.15, -0.1) is 0 Å². The van der Waals surface area contributed by atoms with Gasteiger partial charge in [0.2, 0.25) is 0 Å². The van der Waals surface area contributed by atoms with Crippen LogP contribution in [0.2, 0.25) is 0 Å². The molecule has 0 bridgehead atoms. The van der Waals surface area contributed by atoms with E-state index in [-0.39, 0.29) is 25.7 Å². The Kier molecular flexibility index (Phi) is 7.39. The fourth-order valence-electron chi connectivity index (χ4n) is 2.39. The van der Waals surface area contributed by atoms with Gasteiger partial charge in [-0.25, -0.2) is 4.79 Å². The van der Waals surface area contributed by atoms with Crippen LogP contribution in [-0.2, 0) is 23.7 Å². The van der Waals surface area contributed by atoms with Gasteiger partial charge in [0.1, 0.15) is 18.8 Å². The molecule has 0 aromatic carbocycles. The Morgan fingerprint density at radius 3 is 2.40 bits per heavy atom.